The molecule has 2 aromatic carbocycles. The zero-order valence-electron chi connectivity index (χ0n) is 24.3. The molecule has 0 amide bonds. The number of methoxy groups -OCH3 is 1. The van der Waals surface area contributed by atoms with E-state index in [0.717, 1.165) is 12.0 Å². The molecule has 0 fully saturated rings. The van der Waals surface area contributed by atoms with E-state index in [1.54, 1.807) is 50.6 Å². The van der Waals surface area contributed by atoms with Crippen molar-refractivity contribution in [2.75, 3.05) is 31.7 Å². The number of aliphatic carboxylic acids is 1. The van der Waals surface area contributed by atoms with Gasteiger partial charge in [-0.05, 0) is 56.3 Å². The van der Waals surface area contributed by atoms with Crippen LogP contribution < -0.4 is 14.2 Å². The molecule has 228 valence electrons. The molecule has 3 aromatic rings. The molecule has 1 aromatic heterocycles. The first-order valence-corrected chi connectivity index (χ1v) is 16.0. The minimum Gasteiger partial charge on any atom is -0.493 e. The van der Waals surface area contributed by atoms with Crippen molar-refractivity contribution < 1.29 is 36.7 Å². The molecule has 2 N–H and O–H groups in total. The van der Waals surface area contributed by atoms with E-state index in [0.29, 0.717) is 35.4 Å². The third-order valence-corrected chi connectivity index (χ3v) is 8.20. The van der Waals surface area contributed by atoms with E-state index in [2.05, 4.69) is 14.7 Å². The van der Waals surface area contributed by atoms with Gasteiger partial charge in [-0.25, -0.2) is 18.2 Å². The van der Waals surface area contributed by atoms with Gasteiger partial charge in [0.05, 0.1) is 45.1 Å². The summed E-state index contributed by atoms with van der Waals surface area (Å²) < 4.78 is 57.5. The van der Waals surface area contributed by atoms with Gasteiger partial charge in [0.1, 0.15) is 16.5 Å². The molecule has 0 bridgehead atoms. The zero-order chi connectivity index (χ0) is 31.1. The van der Waals surface area contributed by atoms with Crippen molar-refractivity contribution in [2.24, 2.45) is 4.99 Å². The fourth-order valence-electron chi connectivity index (χ4n) is 3.42. The van der Waals surface area contributed by atoms with E-state index in [9.17, 15) is 17.4 Å². The number of hydrogen-bond acceptors (Lipinski definition) is 9. The molecule has 0 aliphatic carbocycles. The van der Waals surface area contributed by atoms with Gasteiger partial charge in [0.15, 0.2) is 6.61 Å². The Kier molecular flexibility index (Phi) is 14.1. The molecule has 42 heavy (non-hydrogen) atoms. The first-order valence-electron chi connectivity index (χ1n) is 13.2. The average molecular weight is 620 g/mol. The van der Waals surface area contributed by atoms with E-state index in [-0.39, 0.29) is 22.1 Å². The van der Waals surface area contributed by atoms with E-state index in [4.69, 9.17) is 19.3 Å². The second-order valence-electron chi connectivity index (χ2n) is 8.47. The number of aliphatic imine (C=N–C) groups is 1. The van der Waals surface area contributed by atoms with Crippen LogP contribution in [-0.2, 0) is 36.1 Å². The zero-order valence-corrected chi connectivity index (χ0v) is 26.0. The molecule has 1 atom stereocenters. The van der Waals surface area contributed by atoms with Crippen molar-refractivity contribution in [1.29, 1.82) is 0 Å². The lowest BCUT2D eigenvalue weighted by Gasteiger charge is -2.13. The average Bonchev–Trinajstić information content (AvgIpc) is 2.98. The Hall–Kier alpha value is -3.81. The number of carboxylic acid groups (broad SMARTS) is 1. The van der Waals surface area contributed by atoms with Crippen molar-refractivity contribution >= 4 is 43.2 Å². The second kappa shape index (κ2) is 17.2. The van der Waals surface area contributed by atoms with Gasteiger partial charge in [-0.15, -0.1) is 0 Å². The predicted octanol–water partition coefficient (Wildman–Crippen LogP) is 5.09. The van der Waals surface area contributed by atoms with E-state index in [1.807, 2.05) is 20.8 Å². The fraction of sp³-hybridized carbons (Fsp3) is 0.345. The first kappa shape index (κ1) is 34.4. The smallest absolute Gasteiger partial charge is 0.341 e. The summed E-state index contributed by atoms with van der Waals surface area (Å²) in [5.74, 6) is -0.151. The van der Waals surface area contributed by atoms with Crippen LogP contribution in [0.5, 0.6) is 11.5 Å². The van der Waals surface area contributed by atoms with Crippen molar-refractivity contribution in [3.05, 3.63) is 72.1 Å². The Morgan fingerprint density at radius 1 is 1.05 bits per heavy atom. The molecule has 0 saturated carbocycles. The number of nitrogens with one attached hydrogen (secondary N) is 1. The SMILES string of the molecule is CC.COCCCOc1ccnc(CS(=O)C(C)=Nc2ccccc2NS(=O)(=O)c2ccc(OCC(=O)O)cc2)c1C. The summed E-state index contributed by atoms with van der Waals surface area (Å²) in [7, 11) is -3.92. The number of anilines is 1. The number of nitrogens with zero attached hydrogens (tertiary/aromatic N) is 2. The maximum Gasteiger partial charge on any atom is 0.341 e. The second-order valence-corrected chi connectivity index (χ2v) is 11.7. The van der Waals surface area contributed by atoms with Crippen LogP contribution in [0.2, 0.25) is 0 Å². The summed E-state index contributed by atoms with van der Waals surface area (Å²) in [6.07, 6.45) is 2.34. The number of ether oxygens (including phenoxy) is 3. The maximum atomic E-state index is 13.1. The minimum atomic E-state index is -4.01. The summed E-state index contributed by atoms with van der Waals surface area (Å²) in [4.78, 5) is 19.4. The molecular formula is C29H37N3O8S2. The topological polar surface area (TPSA) is 153 Å². The molecule has 1 unspecified atom stereocenters. The molecule has 0 aliphatic rings. The Bertz CT molecular complexity index is 1480. The molecule has 13 heteroatoms. The van der Waals surface area contributed by atoms with Crippen LogP contribution in [0.4, 0.5) is 11.4 Å². The Labute approximate surface area is 249 Å². The number of hydrogen-bond donors (Lipinski definition) is 2. The third-order valence-electron chi connectivity index (χ3n) is 5.53. The van der Waals surface area contributed by atoms with Gasteiger partial charge in [0.2, 0.25) is 0 Å². The van der Waals surface area contributed by atoms with Crippen LogP contribution in [-0.4, -0.2) is 60.7 Å². The largest absolute Gasteiger partial charge is 0.493 e. The number of pyridine rings is 1. The molecule has 0 aliphatic heterocycles. The van der Waals surface area contributed by atoms with Gasteiger partial charge in [0, 0.05) is 31.9 Å². The van der Waals surface area contributed by atoms with E-state index < -0.39 is 33.4 Å². The summed E-state index contributed by atoms with van der Waals surface area (Å²) in [5.41, 5.74) is 1.89. The molecular weight excluding hydrogens is 582 g/mol. The first-order chi connectivity index (χ1) is 20.1. The quantitative estimate of drug-likeness (QED) is 0.143. The van der Waals surface area contributed by atoms with Crippen LogP contribution in [0.15, 0.2) is 70.7 Å². The number of rotatable bonds is 14. The lowest BCUT2D eigenvalue weighted by atomic mass is 10.2. The van der Waals surface area contributed by atoms with E-state index >= 15 is 0 Å². The number of benzene rings is 2. The van der Waals surface area contributed by atoms with Gasteiger partial charge >= 0.3 is 5.97 Å². The van der Waals surface area contributed by atoms with Crippen LogP contribution in [0, 0.1) is 6.92 Å². The van der Waals surface area contributed by atoms with Crippen LogP contribution in [0.1, 0.15) is 38.4 Å². The predicted molar refractivity (Wildman–Crippen MR) is 164 cm³/mol. The highest BCUT2D eigenvalue weighted by atomic mass is 32.2. The van der Waals surface area contributed by atoms with Gasteiger partial charge in [-0.3, -0.25) is 13.9 Å². The Balaban J connectivity index is 0.00000301. The summed E-state index contributed by atoms with van der Waals surface area (Å²) in [6, 6.07) is 13.6. The van der Waals surface area contributed by atoms with Crippen molar-refractivity contribution in [2.45, 2.75) is 44.8 Å². The van der Waals surface area contributed by atoms with Crippen molar-refractivity contribution in [3.63, 3.8) is 0 Å². The monoisotopic (exact) mass is 619 g/mol. The Morgan fingerprint density at radius 2 is 1.74 bits per heavy atom. The maximum absolute atomic E-state index is 13.1. The van der Waals surface area contributed by atoms with E-state index in [1.165, 1.54) is 24.3 Å². The highest BCUT2D eigenvalue weighted by molar-refractivity contribution is 7.99. The number of para-hydroxylation sites is 2. The van der Waals surface area contributed by atoms with Gasteiger partial charge in [0.25, 0.3) is 10.0 Å². The molecule has 3 rings (SSSR count). The lowest BCUT2D eigenvalue weighted by molar-refractivity contribution is -0.139. The fourth-order valence-corrected chi connectivity index (χ4v) is 5.44. The van der Waals surface area contributed by atoms with Crippen LogP contribution >= 0.6 is 0 Å². The lowest BCUT2D eigenvalue weighted by Crippen LogP contribution is -2.14. The number of aromatic nitrogens is 1. The van der Waals surface area contributed by atoms with Gasteiger partial charge < -0.3 is 19.3 Å². The molecule has 0 radical (unpaired) electrons. The van der Waals surface area contributed by atoms with Gasteiger partial charge in [-0.2, -0.15) is 0 Å². The minimum absolute atomic E-state index is 0.0554. The molecule has 0 spiro atoms. The normalized spacial score (nSPS) is 12.1. The summed E-state index contributed by atoms with van der Waals surface area (Å²) in [5, 5.41) is 9.00. The number of carbonyl (C=O) groups is 1. The highest BCUT2D eigenvalue weighted by Crippen LogP contribution is 2.28. The van der Waals surface area contributed by atoms with Crippen LogP contribution in [0.3, 0.4) is 0 Å². The highest BCUT2D eigenvalue weighted by Gasteiger charge is 2.18. The number of carboxylic acids is 1. The third kappa shape index (κ3) is 10.5. The summed E-state index contributed by atoms with van der Waals surface area (Å²) in [6.45, 7) is 7.99. The Morgan fingerprint density at radius 3 is 2.40 bits per heavy atom. The summed E-state index contributed by atoms with van der Waals surface area (Å²) >= 11 is 0. The molecule has 11 nitrogen and oxygen atoms in total. The van der Waals surface area contributed by atoms with Crippen molar-refractivity contribution in [3.8, 4) is 11.5 Å². The van der Waals surface area contributed by atoms with Crippen LogP contribution in [0.25, 0.3) is 0 Å². The molecule has 0 saturated heterocycles. The van der Waals surface area contributed by atoms with Crippen molar-refractivity contribution in [1.82, 2.24) is 4.98 Å². The standard InChI is InChI=1S/C27H31N3O8S2.C2H6/c1-19-25(28-14-13-26(19)37-16-6-15-36-3)18-39(33)20(2)29-23-7-4-5-8-24(23)30-40(34,35)22-11-9-21(10-12-22)38-17-27(31)32;1-2/h4-5,7-14,30H,6,15-18H2,1-3H3,(H,31,32);1-2H3. The van der Waals surface area contributed by atoms with Gasteiger partial charge in [-0.1, -0.05) is 26.0 Å². The molecule has 1 heterocycles. The number of sulfonamides is 1.